The smallest absolute Gasteiger partial charge is 0.145 e. The Labute approximate surface area is 72.8 Å². The van der Waals surface area contributed by atoms with Gasteiger partial charge in [0.25, 0.3) is 0 Å². The molecule has 0 spiro atoms. The highest BCUT2D eigenvalue weighted by atomic mass is 79.9. The molecule has 1 rings (SSSR count). The summed E-state index contributed by atoms with van der Waals surface area (Å²) in [6.45, 7) is 1.84. The second-order valence-electron chi connectivity index (χ2n) is 1.88. The van der Waals surface area contributed by atoms with E-state index in [0.29, 0.717) is 5.82 Å². The van der Waals surface area contributed by atoms with Crippen molar-refractivity contribution in [1.29, 1.82) is 0 Å². The number of halogens is 2. The molecule has 10 heavy (non-hydrogen) atoms. The zero-order valence-electron chi connectivity index (χ0n) is 5.38. The fourth-order valence-electron chi connectivity index (χ4n) is 0.528. The summed E-state index contributed by atoms with van der Waals surface area (Å²) in [7, 11) is 0. The van der Waals surface area contributed by atoms with Crippen molar-refractivity contribution < 1.29 is 0 Å². The Hall–Kier alpha value is -0.150. The highest BCUT2D eigenvalue weighted by molar-refractivity contribution is 9.10. The quantitative estimate of drug-likeness (QED) is 0.681. The van der Waals surface area contributed by atoms with Gasteiger partial charge in [0.1, 0.15) is 5.82 Å². The molecule has 1 aromatic heterocycles. The lowest BCUT2D eigenvalue weighted by atomic mass is 10.4. The molecule has 0 saturated heterocycles. The summed E-state index contributed by atoms with van der Waals surface area (Å²) in [5.41, 5.74) is 0. The minimum absolute atomic E-state index is 0.118. The lowest BCUT2D eigenvalue weighted by molar-refractivity contribution is 0.905. The van der Waals surface area contributed by atoms with Gasteiger partial charge in [-0.3, -0.25) is 0 Å². The molecule has 0 aliphatic rings. The van der Waals surface area contributed by atoms with Crippen molar-refractivity contribution >= 4 is 27.5 Å². The molecule has 4 heteroatoms. The molecule has 0 amide bonds. The zero-order chi connectivity index (χ0) is 7.56. The summed E-state index contributed by atoms with van der Waals surface area (Å²) in [6.07, 6.45) is 3.36. The monoisotopic (exact) mass is 220 g/mol. The fourth-order valence-corrected chi connectivity index (χ4v) is 0.845. The lowest BCUT2D eigenvalue weighted by Crippen LogP contribution is -1.92. The average molecular weight is 221 g/mol. The maximum atomic E-state index is 5.72. The molecule has 0 radical (unpaired) electrons. The Morgan fingerprint density at radius 3 is 2.40 bits per heavy atom. The molecule has 1 atom stereocenters. The Kier molecular flexibility index (Phi) is 2.63. The number of alkyl halides is 1. The largest absolute Gasteiger partial charge is 0.239 e. The Balaban J connectivity index is 2.89. The van der Waals surface area contributed by atoms with Crippen LogP contribution in [-0.4, -0.2) is 9.97 Å². The van der Waals surface area contributed by atoms with Crippen molar-refractivity contribution in [3.63, 3.8) is 0 Å². The molecule has 0 N–H and O–H groups in total. The molecule has 0 saturated carbocycles. The van der Waals surface area contributed by atoms with Gasteiger partial charge in [-0.25, -0.2) is 9.97 Å². The van der Waals surface area contributed by atoms with Gasteiger partial charge < -0.3 is 0 Å². The predicted molar refractivity (Wildman–Crippen MR) is 44.0 cm³/mol. The first-order valence-corrected chi connectivity index (χ1v) is 4.04. The number of hydrogen-bond donors (Lipinski definition) is 0. The summed E-state index contributed by atoms with van der Waals surface area (Å²) in [4.78, 5) is 7.98. The highest BCUT2D eigenvalue weighted by Crippen LogP contribution is 2.15. The van der Waals surface area contributed by atoms with Crippen molar-refractivity contribution in [3.8, 4) is 0 Å². The minimum atomic E-state index is -0.118. The maximum absolute atomic E-state index is 5.72. The first-order chi connectivity index (χ1) is 4.70. The number of hydrogen-bond acceptors (Lipinski definition) is 2. The molecular formula is C6H6BrClN2. The van der Waals surface area contributed by atoms with E-state index in [1.165, 1.54) is 0 Å². The van der Waals surface area contributed by atoms with Crippen molar-refractivity contribution in [1.82, 2.24) is 9.97 Å². The summed E-state index contributed by atoms with van der Waals surface area (Å²) in [5, 5.41) is -0.118. The van der Waals surface area contributed by atoms with E-state index in [9.17, 15) is 0 Å². The summed E-state index contributed by atoms with van der Waals surface area (Å²) in [5.74, 6) is 0.657. The second-order valence-corrected chi connectivity index (χ2v) is 3.45. The van der Waals surface area contributed by atoms with E-state index >= 15 is 0 Å². The van der Waals surface area contributed by atoms with Gasteiger partial charge in [0, 0.05) is 12.4 Å². The lowest BCUT2D eigenvalue weighted by Gasteiger charge is -1.98. The van der Waals surface area contributed by atoms with Gasteiger partial charge in [-0.05, 0) is 22.9 Å². The Bertz CT molecular complexity index is 209. The maximum Gasteiger partial charge on any atom is 0.145 e. The molecular weight excluding hydrogens is 215 g/mol. The van der Waals surface area contributed by atoms with Crippen LogP contribution in [0.1, 0.15) is 18.1 Å². The normalized spacial score (nSPS) is 13.1. The van der Waals surface area contributed by atoms with Crippen LogP contribution in [0.4, 0.5) is 0 Å². The summed E-state index contributed by atoms with van der Waals surface area (Å²) < 4.78 is 0.869. The molecule has 1 aromatic rings. The van der Waals surface area contributed by atoms with E-state index in [1.807, 2.05) is 6.92 Å². The van der Waals surface area contributed by atoms with Gasteiger partial charge in [0.15, 0.2) is 0 Å². The third-order valence-corrected chi connectivity index (χ3v) is 1.60. The molecule has 1 heterocycles. The van der Waals surface area contributed by atoms with Crippen LogP contribution >= 0.6 is 27.5 Å². The van der Waals surface area contributed by atoms with Crippen molar-refractivity contribution in [3.05, 3.63) is 22.7 Å². The van der Waals surface area contributed by atoms with E-state index in [-0.39, 0.29) is 5.38 Å². The molecule has 0 aliphatic heterocycles. The highest BCUT2D eigenvalue weighted by Gasteiger charge is 2.01. The van der Waals surface area contributed by atoms with Crippen LogP contribution in [0, 0.1) is 0 Å². The van der Waals surface area contributed by atoms with Crippen LogP contribution in [0.3, 0.4) is 0 Å². The molecule has 0 aromatic carbocycles. The van der Waals surface area contributed by atoms with Crippen molar-refractivity contribution in [2.75, 3.05) is 0 Å². The predicted octanol–water partition coefficient (Wildman–Crippen LogP) is 2.54. The van der Waals surface area contributed by atoms with Crippen molar-refractivity contribution in [2.24, 2.45) is 0 Å². The molecule has 54 valence electrons. The number of nitrogens with zero attached hydrogens (tertiary/aromatic N) is 2. The van der Waals surface area contributed by atoms with E-state index in [2.05, 4.69) is 25.9 Å². The molecule has 0 bridgehead atoms. The number of rotatable bonds is 1. The van der Waals surface area contributed by atoms with Crippen LogP contribution in [0.5, 0.6) is 0 Å². The van der Waals surface area contributed by atoms with Crippen LogP contribution in [0.2, 0.25) is 0 Å². The molecule has 0 aliphatic carbocycles. The first-order valence-electron chi connectivity index (χ1n) is 2.81. The second kappa shape index (κ2) is 3.30. The van der Waals surface area contributed by atoms with Crippen LogP contribution < -0.4 is 0 Å². The van der Waals surface area contributed by atoms with E-state index in [4.69, 9.17) is 11.6 Å². The van der Waals surface area contributed by atoms with E-state index < -0.39 is 0 Å². The Morgan fingerprint density at radius 1 is 1.50 bits per heavy atom. The van der Waals surface area contributed by atoms with E-state index in [0.717, 1.165) is 4.47 Å². The molecule has 0 fully saturated rings. The minimum Gasteiger partial charge on any atom is -0.239 e. The van der Waals surface area contributed by atoms with Crippen LogP contribution in [0.25, 0.3) is 0 Å². The van der Waals surface area contributed by atoms with Gasteiger partial charge in [0.2, 0.25) is 0 Å². The molecule has 0 unspecified atom stereocenters. The number of aromatic nitrogens is 2. The zero-order valence-corrected chi connectivity index (χ0v) is 7.72. The topological polar surface area (TPSA) is 25.8 Å². The van der Waals surface area contributed by atoms with Crippen LogP contribution in [0.15, 0.2) is 16.9 Å². The van der Waals surface area contributed by atoms with E-state index in [1.54, 1.807) is 12.4 Å². The fraction of sp³-hybridized carbons (Fsp3) is 0.333. The van der Waals surface area contributed by atoms with Gasteiger partial charge in [-0.2, -0.15) is 0 Å². The first kappa shape index (κ1) is 7.95. The SMILES string of the molecule is C[C@H](Cl)c1ncc(Br)cn1. The third-order valence-electron chi connectivity index (χ3n) is 0.996. The van der Waals surface area contributed by atoms with Gasteiger partial charge in [-0.1, -0.05) is 0 Å². The average Bonchev–Trinajstić information content (AvgIpc) is 1.88. The molecule has 2 nitrogen and oxygen atoms in total. The Morgan fingerprint density at radius 2 is 2.00 bits per heavy atom. The summed E-state index contributed by atoms with van der Waals surface area (Å²) in [6, 6.07) is 0. The van der Waals surface area contributed by atoms with Gasteiger partial charge in [-0.15, -0.1) is 11.6 Å². The third kappa shape index (κ3) is 1.92. The van der Waals surface area contributed by atoms with Gasteiger partial charge in [0.05, 0.1) is 9.85 Å². The van der Waals surface area contributed by atoms with Crippen molar-refractivity contribution in [2.45, 2.75) is 12.3 Å². The summed E-state index contributed by atoms with van der Waals surface area (Å²) >= 11 is 8.94. The van der Waals surface area contributed by atoms with Crippen LogP contribution in [-0.2, 0) is 0 Å². The van der Waals surface area contributed by atoms with Gasteiger partial charge >= 0.3 is 0 Å². The standard InChI is InChI=1S/C6H6BrClN2/c1-4(8)6-9-2-5(7)3-10-6/h2-4H,1H3/t4-/m0/s1.